The van der Waals surface area contributed by atoms with Crippen LogP contribution in [-0.2, 0) is 21.9 Å². The van der Waals surface area contributed by atoms with Crippen molar-refractivity contribution in [3.63, 3.8) is 0 Å². The predicted octanol–water partition coefficient (Wildman–Crippen LogP) is 3.24. The second-order valence-electron chi connectivity index (χ2n) is 7.97. The fourth-order valence-corrected chi connectivity index (χ4v) is 3.84. The normalized spacial score (nSPS) is 15.8. The van der Waals surface area contributed by atoms with Crippen LogP contribution in [0.5, 0.6) is 5.88 Å². The number of hydrogen-bond acceptors (Lipinski definition) is 8. The maximum Gasteiger partial charge on any atom is 0.471 e. The van der Waals surface area contributed by atoms with Crippen LogP contribution in [0.25, 0.3) is 5.57 Å². The standard InChI is InChI=1S/C24H27N4O6P/c25-24-21(9-4-12-28(24)17-33-35(29,30)31)22-15-20(27-34-22)14-19-10-11-23(26-16-19)32-13-5-8-18-6-2-1-3-7-18/h1-4,6-7,9-12,15-16,24H,5,8,13-14,17,25H2,(H2,29,30,31). The molecule has 3 heterocycles. The molecular formula is C24H27N4O6P. The average Bonchev–Trinajstić information content (AvgIpc) is 3.30. The van der Waals surface area contributed by atoms with Crippen LogP contribution in [0.3, 0.4) is 0 Å². The molecule has 0 radical (unpaired) electrons. The zero-order chi connectivity index (χ0) is 24.7. The molecule has 4 N–H and O–H groups in total. The van der Waals surface area contributed by atoms with E-state index in [0.717, 1.165) is 18.4 Å². The van der Waals surface area contributed by atoms with Gasteiger partial charge in [0.15, 0.2) is 5.76 Å². The Morgan fingerprint density at radius 2 is 1.97 bits per heavy atom. The topological polar surface area (TPSA) is 144 Å². The van der Waals surface area contributed by atoms with Gasteiger partial charge in [0, 0.05) is 36.5 Å². The fraction of sp³-hybridized carbons (Fsp3) is 0.250. The van der Waals surface area contributed by atoms with Gasteiger partial charge in [0.25, 0.3) is 0 Å². The first-order valence-electron chi connectivity index (χ1n) is 11.0. The van der Waals surface area contributed by atoms with Crippen molar-refractivity contribution in [2.45, 2.75) is 25.4 Å². The van der Waals surface area contributed by atoms with Gasteiger partial charge in [0.05, 0.1) is 12.3 Å². The Morgan fingerprint density at radius 1 is 1.14 bits per heavy atom. The number of phosphoric ester groups is 1. The first-order chi connectivity index (χ1) is 16.9. The lowest BCUT2D eigenvalue weighted by molar-refractivity contribution is 0.110. The second kappa shape index (κ2) is 11.4. The van der Waals surface area contributed by atoms with Crippen molar-refractivity contribution in [2.75, 3.05) is 13.3 Å². The molecule has 1 unspecified atom stereocenters. The molecule has 3 aromatic rings. The largest absolute Gasteiger partial charge is 0.478 e. The lowest BCUT2D eigenvalue weighted by Crippen LogP contribution is -2.41. The molecule has 184 valence electrons. The van der Waals surface area contributed by atoms with Crippen LogP contribution in [0.1, 0.15) is 29.0 Å². The van der Waals surface area contributed by atoms with E-state index in [4.69, 9.17) is 24.8 Å². The number of rotatable bonds is 11. The first-order valence-corrected chi connectivity index (χ1v) is 12.6. The van der Waals surface area contributed by atoms with Crippen molar-refractivity contribution in [1.82, 2.24) is 15.0 Å². The molecule has 0 amide bonds. The van der Waals surface area contributed by atoms with Gasteiger partial charge in [-0.3, -0.25) is 4.52 Å². The molecule has 10 nitrogen and oxygen atoms in total. The van der Waals surface area contributed by atoms with E-state index >= 15 is 0 Å². The third-order valence-corrected chi connectivity index (χ3v) is 5.78. The van der Waals surface area contributed by atoms with Crippen LogP contribution in [0.2, 0.25) is 0 Å². The molecule has 1 atom stereocenters. The van der Waals surface area contributed by atoms with Gasteiger partial charge in [-0.2, -0.15) is 0 Å². The summed E-state index contributed by atoms with van der Waals surface area (Å²) in [4.78, 5) is 23.6. The molecule has 0 fully saturated rings. The van der Waals surface area contributed by atoms with Crippen LogP contribution in [0, 0.1) is 0 Å². The van der Waals surface area contributed by atoms with Crippen molar-refractivity contribution >= 4 is 13.4 Å². The zero-order valence-corrected chi connectivity index (χ0v) is 19.8. The van der Waals surface area contributed by atoms with E-state index in [-0.39, 0.29) is 6.73 Å². The van der Waals surface area contributed by atoms with Gasteiger partial charge in [-0.1, -0.05) is 47.6 Å². The van der Waals surface area contributed by atoms with Gasteiger partial charge in [0.1, 0.15) is 12.9 Å². The van der Waals surface area contributed by atoms with Crippen molar-refractivity contribution in [3.05, 3.63) is 95.7 Å². The van der Waals surface area contributed by atoms with E-state index in [1.165, 1.54) is 10.5 Å². The second-order valence-corrected chi connectivity index (χ2v) is 9.21. The van der Waals surface area contributed by atoms with E-state index in [1.807, 2.05) is 30.3 Å². The van der Waals surface area contributed by atoms with Crippen LogP contribution in [-0.4, -0.2) is 44.3 Å². The molecule has 0 aliphatic carbocycles. The predicted molar refractivity (Wildman–Crippen MR) is 129 cm³/mol. The Balaban J connectivity index is 1.28. The van der Waals surface area contributed by atoms with Crippen LogP contribution in [0.15, 0.2) is 77.6 Å². The van der Waals surface area contributed by atoms with E-state index in [1.54, 1.807) is 30.6 Å². The number of phosphoric acid groups is 1. The highest BCUT2D eigenvalue weighted by atomic mass is 31.2. The molecule has 0 saturated heterocycles. The average molecular weight is 498 g/mol. The number of aromatic nitrogens is 2. The number of ether oxygens (including phenoxy) is 1. The third kappa shape index (κ3) is 7.35. The lowest BCUT2D eigenvalue weighted by Gasteiger charge is -2.30. The minimum absolute atomic E-state index is 0.368. The highest BCUT2D eigenvalue weighted by molar-refractivity contribution is 7.46. The van der Waals surface area contributed by atoms with Crippen molar-refractivity contribution in [1.29, 1.82) is 0 Å². The van der Waals surface area contributed by atoms with Crippen LogP contribution < -0.4 is 10.5 Å². The number of aryl methyl sites for hydroxylation is 1. The molecule has 1 aliphatic heterocycles. The lowest BCUT2D eigenvalue weighted by atomic mass is 10.1. The number of benzene rings is 1. The highest BCUT2D eigenvalue weighted by Crippen LogP contribution is 2.36. The first kappa shape index (κ1) is 24.8. The molecule has 1 aliphatic rings. The highest BCUT2D eigenvalue weighted by Gasteiger charge is 2.25. The van der Waals surface area contributed by atoms with Gasteiger partial charge >= 0.3 is 7.82 Å². The molecule has 35 heavy (non-hydrogen) atoms. The summed E-state index contributed by atoms with van der Waals surface area (Å²) < 4.78 is 26.7. The quantitative estimate of drug-likeness (QED) is 0.266. The smallest absolute Gasteiger partial charge is 0.471 e. The van der Waals surface area contributed by atoms with E-state index in [9.17, 15) is 4.57 Å². The Kier molecular flexibility index (Phi) is 8.12. The summed E-state index contributed by atoms with van der Waals surface area (Å²) in [6.45, 7) is 0.223. The third-order valence-electron chi connectivity index (χ3n) is 5.33. The maximum atomic E-state index is 11.0. The number of hydrogen-bond donors (Lipinski definition) is 3. The van der Waals surface area contributed by atoms with E-state index in [2.05, 4.69) is 26.8 Å². The Morgan fingerprint density at radius 3 is 2.71 bits per heavy atom. The molecule has 4 rings (SSSR count). The minimum Gasteiger partial charge on any atom is -0.478 e. The number of allylic oxidation sites excluding steroid dienone is 2. The van der Waals surface area contributed by atoms with Gasteiger partial charge in [-0.25, -0.2) is 9.55 Å². The zero-order valence-electron chi connectivity index (χ0n) is 18.9. The molecule has 0 bridgehead atoms. The summed E-state index contributed by atoms with van der Waals surface area (Å²) >= 11 is 0. The number of nitrogens with zero attached hydrogens (tertiary/aromatic N) is 3. The van der Waals surface area contributed by atoms with Gasteiger partial charge in [-0.15, -0.1) is 0 Å². The minimum atomic E-state index is -4.61. The summed E-state index contributed by atoms with van der Waals surface area (Å²) in [6.07, 6.45) is 8.43. The summed E-state index contributed by atoms with van der Waals surface area (Å²) in [6, 6.07) is 15.8. The molecule has 11 heteroatoms. The van der Waals surface area contributed by atoms with Gasteiger partial charge in [0.2, 0.25) is 5.88 Å². The van der Waals surface area contributed by atoms with Crippen molar-refractivity contribution < 1.29 is 28.1 Å². The number of nitrogens with two attached hydrogens (primary N) is 1. The van der Waals surface area contributed by atoms with Gasteiger partial charge < -0.3 is 29.7 Å². The Bertz CT molecular complexity index is 1210. The Labute approximate surface area is 202 Å². The summed E-state index contributed by atoms with van der Waals surface area (Å²) in [5.41, 5.74) is 9.74. The molecule has 0 spiro atoms. The maximum absolute atomic E-state index is 11.0. The number of pyridine rings is 1. The Hall–Kier alpha value is -3.27. The molecule has 2 aromatic heterocycles. The monoisotopic (exact) mass is 498 g/mol. The van der Waals surface area contributed by atoms with E-state index < -0.39 is 14.0 Å². The SMILES string of the molecule is NC1C(c2cc(Cc3ccc(OCCCc4ccccc4)nc3)no2)=CC=CN1COP(=O)(O)O. The fourth-order valence-electron chi connectivity index (χ4n) is 3.56. The van der Waals surface area contributed by atoms with E-state index in [0.29, 0.717) is 35.9 Å². The van der Waals surface area contributed by atoms with Gasteiger partial charge in [-0.05, 0) is 30.0 Å². The van der Waals surface area contributed by atoms with Crippen molar-refractivity contribution in [2.24, 2.45) is 5.73 Å². The molecule has 0 saturated carbocycles. The molecular weight excluding hydrogens is 471 g/mol. The summed E-state index contributed by atoms with van der Waals surface area (Å²) in [5.74, 6) is 1.04. The summed E-state index contributed by atoms with van der Waals surface area (Å²) in [7, 11) is -4.61. The molecule has 1 aromatic carbocycles. The van der Waals surface area contributed by atoms with Crippen LogP contribution >= 0.6 is 7.82 Å². The summed E-state index contributed by atoms with van der Waals surface area (Å²) in [5, 5.41) is 4.11. The van der Waals surface area contributed by atoms with Crippen LogP contribution in [0.4, 0.5) is 0 Å². The van der Waals surface area contributed by atoms with Crippen molar-refractivity contribution in [3.8, 4) is 5.88 Å².